The van der Waals surface area contributed by atoms with Crippen molar-refractivity contribution in [1.82, 2.24) is 9.80 Å². The number of amides is 1. The van der Waals surface area contributed by atoms with Crippen molar-refractivity contribution in [3.63, 3.8) is 0 Å². The van der Waals surface area contributed by atoms with Crippen LogP contribution in [0.25, 0.3) is 0 Å². The Morgan fingerprint density at radius 1 is 1.26 bits per heavy atom. The molecule has 1 saturated heterocycles. The van der Waals surface area contributed by atoms with Crippen LogP contribution in [0.3, 0.4) is 0 Å². The number of piperazine rings is 1. The summed E-state index contributed by atoms with van der Waals surface area (Å²) < 4.78 is 36.7. The Morgan fingerprint density at radius 3 is 2.32 bits per heavy atom. The summed E-state index contributed by atoms with van der Waals surface area (Å²) in [5, 5.41) is 0. The van der Waals surface area contributed by atoms with Crippen LogP contribution in [-0.4, -0.2) is 60.6 Å². The van der Waals surface area contributed by atoms with Gasteiger partial charge in [0.05, 0.1) is 12.6 Å². The molecule has 1 aliphatic rings. The predicted octanol–water partition coefficient (Wildman–Crippen LogP) is 1.21. The van der Waals surface area contributed by atoms with Gasteiger partial charge in [0.15, 0.2) is 0 Å². The van der Waals surface area contributed by atoms with Crippen LogP contribution in [0, 0.1) is 0 Å². The molecule has 0 spiro atoms. The van der Waals surface area contributed by atoms with Crippen molar-refractivity contribution in [3.8, 4) is 0 Å². The van der Waals surface area contributed by atoms with Gasteiger partial charge in [-0.25, -0.2) is 0 Å². The van der Waals surface area contributed by atoms with Gasteiger partial charge in [0.2, 0.25) is 5.91 Å². The van der Waals surface area contributed by atoms with E-state index in [1.165, 1.54) is 4.90 Å². The molecule has 1 heterocycles. The van der Waals surface area contributed by atoms with Gasteiger partial charge in [-0.3, -0.25) is 9.69 Å². The van der Waals surface area contributed by atoms with Crippen LogP contribution < -0.4 is 5.73 Å². The fourth-order valence-corrected chi connectivity index (χ4v) is 2.16. The van der Waals surface area contributed by atoms with Crippen molar-refractivity contribution >= 4 is 5.91 Å². The van der Waals surface area contributed by atoms with E-state index < -0.39 is 18.8 Å². The summed E-state index contributed by atoms with van der Waals surface area (Å²) in [5.74, 6) is -0.139. The van der Waals surface area contributed by atoms with E-state index in [4.69, 9.17) is 5.73 Å². The molecule has 1 fully saturated rings. The zero-order chi connectivity index (χ0) is 14.5. The molecule has 1 atom stereocenters. The molecular weight excluding hydrogens is 259 g/mol. The fraction of sp³-hybridized carbons (Fsp3) is 0.917. The Kier molecular flexibility index (Phi) is 6.06. The van der Waals surface area contributed by atoms with E-state index in [0.29, 0.717) is 19.5 Å². The molecule has 2 N–H and O–H groups in total. The highest BCUT2D eigenvalue weighted by atomic mass is 19.4. The highest BCUT2D eigenvalue weighted by Gasteiger charge is 2.33. The van der Waals surface area contributed by atoms with Crippen molar-refractivity contribution in [2.24, 2.45) is 5.73 Å². The highest BCUT2D eigenvalue weighted by Crippen LogP contribution is 2.17. The Hall–Kier alpha value is -0.820. The first kappa shape index (κ1) is 16.2. The standard InChI is InChI=1S/C12H22F3N3O/c1-2-3-4-10(16)11(19)18-7-5-17(6-8-18)9-12(13,14)15/h10H,2-9,16H2,1H3. The summed E-state index contributed by atoms with van der Waals surface area (Å²) in [6.07, 6.45) is -1.68. The zero-order valence-electron chi connectivity index (χ0n) is 11.2. The molecule has 19 heavy (non-hydrogen) atoms. The lowest BCUT2D eigenvalue weighted by atomic mass is 10.1. The van der Waals surface area contributed by atoms with Crippen molar-refractivity contribution in [3.05, 3.63) is 0 Å². The van der Waals surface area contributed by atoms with E-state index in [1.54, 1.807) is 4.90 Å². The maximum atomic E-state index is 12.2. The highest BCUT2D eigenvalue weighted by molar-refractivity contribution is 5.81. The van der Waals surface area contributed by atoms with Crippen LogP contribution >= 0.6 is 0 Å². The molecule has 1 aliphatic heterocycles. The average molecular weight is 281 g/mol. The maximum absolute atomic E-state index is 12.2. The molecular formula is C12H22F3N3O. The van der Waals surface area contributed by atoms with Crippen molar-refractivity contribution < 1.29 is 18.0 Å². The Bertz CT molecular complexity index is 288. The molecule has 0 radical (unpaired) electrons. The minimum Gasteiger partial charge on any atom is -0.339 e. The molecule has 4 nitrogen and oxygen atoms in total. The largest absolute Gasteiger partial charge is 0.401 e. The van der Waals surface area contributed by atoms with E-state index in [1.807, 2.05) is 6.92 Å². The van der Waals surface area contributed by atoms with E-state index in [0.717, 1.165) is 12.8 Å². The molecule has 7 heteroatoms. The maximum Gasteiger partial charge on any atom is 0.401 e. The molecule has 0 aromatic carbocycles. The number of halogens is 3. The normalized spacial score (nSPS) is 19.5. The second kappa shape index (κ2) is 7.09. The molecule has 0 aromatic heterocycles. The number of hydrogen-bond donors (Lipinski definition) is 1. The minimum absolute atomic E-state index is 0.139. The Morgan fingerprint density at radius 2 is 1.84 bits per heavy atom. The monoisotopic (exact) mass is 281 g/mol. The third kappa shape index (κ3) is 5.78. The summed E-state index contributed by atoms with van der Waals surface area (Å²) in [6, 6.07) is -0.519. The van der Waals surface area contributed by atoms with Gasteiger partial charge in [0.1, 0.15) is 0 Å². The Labute approximate surface area is 111 Å². The van der Waals surface area contributed by atoms with E-state index in [9.17, 15) is 18.0 Å². The lowest BCUT2D eigenvalue weighted by Gasteiger charge is -2.36. The van der Waals surface area contributed by atoms with E-state index in [2.05, 4.69) is 0 Å². The number of hydrogen-bond acceptors (Lipinski definition) is 3. The molecule has 0 aromatic rings. The lowest BCUT2D eigenvalue weighted by molar-refractivity contribution is -0.152. The summed E-state index contributed by atoms with van der Waals surface area (Å²) in [7, 11) is 0. The number of carbonyl (C=O) groups excluding carboxylic acids is 1. The fourth-order valence-electron chi connectivity index (χ4n) is 2.16. The number of rotatable bonds is 5. The molecule has 1 amide bonds. The SMILES string of the molecule is CCCCC(N)C(=O)N1CCN(CC(F)(F)F)CC1. The number of carbonyl (C=O) groups is 1. The first-order valence-electron chi connectivity index (χ1n) is 6.67. The zero-order valence-corrected chi connectivity index (χ0v) is 11.2. The second-order valence-electron chi connectivity index (χ2n) is 4.97. The molecule has 1 unspecified atom stereocenters. The molecule has 0 aliphatic carbocycles. The number of nitrogens with zero attached hydrogens (tertiary/aromatic N) is 2. The number of unbranched alkanes of at least 4 members (excludes halogenated alkanes) is 1. The van der Waals surface area contributed by atoms with Crippen LogP contribution in [-0.2, 0) is 4.79 Å². The predicted molar refractivity (Wildman–Crippen MR) is 66.6 cm³/mol. The van der Waals surface area contributed by atoms with Crippen LogP contribution in [0.1, 0.15) is 26.2 Å². The van der Waals surface area contributed by atoms with Gasteiger partial charge < -0.3 is 10.6 Å². The number of alkyl halides is 3. The summed E-state index contributed by atoms with van der Waals surface area (Å²) >= 11 is 0. The van der Waals surface area contributed by atoms with Gasteiger partial charge in [0.25, 0.3) is 0 Å². The second-order valence-corrected chi connectivity index (χ2v) is 4.97. The van der Waals surface area contributed by atoms with Gasteiger partial charge in [-0.15, -0.1) is 0 Å². The van der Waals surface area contributed by atoms with Gasteiger partial charge >= 0.3 is 6.18 Å². The van der Waals surface area contributed by atoms with E-state index >= 15 is 0 Å². The average Bonchev–Trinajstić information content (AvgIpc) is 2.34. The summed E-state index contributed by atoms with van der Waals surface area (Å²) in [5.41, 5.74) is 5.79. The van der Waals surface area contributed by atoms with E-state index in [-0.39, 0.29) is 19.0 Å². The summed E-state index contributed by atoms with van der Waals surface area (Å²) in [6.45, 7) is 2.28. The van der Waals surface area contributed by atoms with Crippen LogP contribution in [0.5, 0.6) is 0 Å². The minimum atomic E-state index is -4.18. The first-order chi connectivity index (χ1) is 8.83. The van der Waals surface area contributed by atoms with Crippen molar-refractivity contribution in [2.45, 2.75) is 38.4 Å². The number of nitrogens with two attached hydrogens (primary N) is 1. The van der Waals surface area contributed by atoms with Gasteiger partial charge in [-0.2, -0.15) is 13.2 Å². The lowest BCUT2D eigenvalue weighted by Crippen LogP contribution is -2.54. The topological polar surface area (TPSA) is 49.6 Å². The van der Waals surface area contributed by atoms with Crippen molar-refractivity contribution in [1.29, 1.82) is 0 Å². The molecule has 0 saturated carbocycles. The molecule has 1 rings (SSSR count). The van der Waals surface area contributed by atoms with Gasteiger partial charge in [0, 0.05) is 26.2 Å². The molecule has 0 bridgehead atoms. The quantitative estimate of drug-likeness (QED) is 0.824. The van der Waals surface area contributed by atoms with Crippen LogP contribution in [0.15, 0.2) is 0 Å². The smallest absolute Gasteiger partial charge is 0.339 e. The third-order valence-corrected chi connectivity index (χ3v) is 3.27. The van der Waals surface area contributed by atoms with Gasteiger partial charge in [-0.1, -0.05) is 19.8 Å². The van der Waals surface area contributed by atoms with Crippen LogP contribution in [0.4, 0.5) is 13.2 Å². The first-order valence-corrected chi connectivity index (χ1v) is 6.67. The van der Waals surface area contributed by atoms with Crippen LogP contribution in [0.2, 0.25) is 0 Å². The molecule has 112 valence electrons. The van der Waals surface area contributed by atoms with Gasteiger partial charge in [-0.05, 0) is 6.42 Å². The third-order valence-electron chi connectivity index (χ3n) is 3.27. The Balaban J connectivity index is 2.34. The van der Waals surface area contributed by atoms with Crippen molar-refractivity contribution in [2.75, 3.05) is 32.7 Å². The summed E-state index contributed by atoms with van der Waals surface area (Å²) in [4.78, 5) is 14.9.